The summed E-state index contributed by atoms with van der Waals surface area (Å²) in [7, 11) is 0. The maximum absolute atomic E-state index is 13.2. The molecular weight excluding hydrogens is 380 g/mol. The Morgan fingerprint density at radius 2 is 1.96 bits per heavy atom. The molecule has 0 amide bonds. The third kappa shape index (κ3) is 6.20. The van der Waals surface area contributed by atoms with Crippen molar-refractivity contribution in [2.24, 2.45) is 4.99 Å². The SMILES string of the molecule is CCNC(=NCc1ccc(F)cc1C(F)(F)F)NCCc1nc(C)c(C)s1. The highest BCUT2D eigenvalue weighted by Crippen LogP contribution is 2.32. The van der Waals surface area contributed by atoms with Gasteiger partial charge in [-0.3, -0.25) is 0 Å². The van der Waals surface area contributed by atoms with Gasteiger partial charge in [0.1, 0.15) is 5.82 Å². The van der Waals surface area contributed by atoms with E-state index in [-0.39, 0.29) is 12.1 Å². The van der Waals surface area contributed by atoms with Crippen molar-refractivity contribution in [3.05, 3.63) is 50.7 Å². The molecule has 0 fully saturated rings. The van der Waals surface area contributed by atoms with Gasteiger partial charge in [-0.25, -0.2) is 14.4 Å². The second kappa shape index (κ2) is 9.16. The highest BCUT2D eigenvalue weighted by Gasteiger charge is 2.33. The minimum Gasteiger partial charge on any atom is -0.357 e. The molecule has 0 saturated heterocycles. The number of hydrogen-bond acceptors (Lipinski definition) is 3. The van der Waals surface area contributed by atoms with Crippen LogP contribution in [0.1, 0.15) is 33.6 Å². The molecule has 0 atom stereocenters. The van der Waals surface area contributed by atoms with E-state index in [4.69, 9.17) is 0 Å². The number of aromatic nitrogens is 1. The Bertz CT molecular complexity index is 780. The van der Waals surface area contributed by atoms with Crippen LogP contribution in [-0.2, 0) is 19.1 Å². The van der Waals surface area contributed by atoms with E-state index in [1.807, 2.05) is 20.8 Å². The molecule has 4 nitrogen and oxygen atoms in total. The summed E-state index contributed by atoms with van der Waals surface area (Å²) in [6.07, 6.45) is -3.94. The first-order valence-electron chi connectivity index (χ1n) is 8.51. The smallest absolute Gasteiger partial charge is 0.357 e. The van der Waals surface area contributed by atoms with Gasteiger partial charge in [0.25, 0.3) is 0 Å². The predicted molar refractivity (Wildman–Crippen MR) is 99.5 cm³/mol. The molecule has 0 aliphatic rings. The number of nitrogens with one attached hydrogen (secondary N) is 2. The van der Waals surface area contributed by atoms with Gasteiger partial charge in [0, 0.05) is 24.4 Å². The predicted octanol–water partition coefficient (Wildman–Crippen LogP) is 4.22. The van der Waals surface area contributed by atoms with Gasteiger partial charge >= 0.3 is 6.18 Å². The first-order valence-corrected chi connectivity index (χ1v) is 9.33. The van der Waals surface area contributed by atoms with Crippen LogP contribution in [-0.4, -0.2) is 24.0 Å². The lowest BCUT2D eigenvalue weighted by atomic mass is 10.1. The zero-order valence-corrected chi connectivity index (χ0v) is 16.2. The normalized spacial score (nSPS) is 12.3. The first-order chi connectivity index (χ1) is 12.7. The van der Waals surface area contributed by atoms with Crippen LogP contribution in [0.15, 0.2) is 23.2 Å². The number of aryl methyl sites for hydroxylation is 2. The molecule has 0 radical (unpaired) electrons. The van der Waals surface area contributed by atoms with Crippen molar-refractivity contribution in [3.63, 3.8) is 0 Å². The molecule has 148 valence electrons. The third-order valence-corrected chi connectivity index (χ3v) is 4.97. The molecular formula is C18H22F4N4S. The number of alkyl halides is 3. The Hall–Kier alpha value is -2.16. The molecule has 9 heteroatoms. The number of rotatable bonds is 6. The van der Waals surface area contributed by atoms with Crippen molar-refractivity contribution in [1.82, 2.24) is 15.6 Å². The number of halogens is 4. The van der Waals surface area contributed by atoms with E-state index < -0.39 is 17.6 Å². The summed E-state index contributed by atoms with van der Waals surface area (Å²) >= 11 is 1.62. The average Bonchev–Trinajstić information content (AvgIpc) is 2.90. The molecule has 1 aromatic heterocycles. The molecule has 2 aromatic rings. The van der Waals surface area contributed by atoms with E-state index in [0.29, 0.717) is 31.5 Å². The lowest BCUT2D eigenvalue weighted by Crippen LogP contribution is -2.38. The van der Waals surface area contributed by atoms with Crippen LogP contribution in [0.2, 0.25) is 0 Å². The van der Waals surface area contributed by atoms with E-state index >= 15 is 0 Å². The molecule has 0 spiro atoms. The van der Waals surface area contributed by atoms with Crippen molar-refractivity contribution in [2.45, 2.75) is 39.9 Å². The Kier molecular flexibility index (Phi) is 7.18. The third-order valence-electron chi connectivity index (χ3n) is 3.83. The van der Waals surface area contributed by atoms with Crippen LogP contribution in [0.5, 0.6) is 0 Å². The monoisotopic (exact) mass is 402 g/mol. The van der Waals surface area contributed by atoms with Crippen LogP contribution < -0.4 is 10.6 Å². The molecule has 0 aliphatic heterocycles. The quantitative estimate of drug-likeness (QED) is 0.432. The van der Waals surface area contributed by atoms with Gasteiger partial charge in [0.2, 0.25) is 0 Å². The summed E-state index contributed by atoms with van der Waals surface area (Å²) in [5.41, 5.74) is -0.0744. The Morgan fingerprint density at radius 3 is 2.56 bits per heavy atom. The highest BCUT2D eigenvalue weighted by atomic mass is 32.1. The highest BCUT2D eigenvalue weighted by molar-refractivity contribution is 7.11. The first kappa shape index (κ1) is 21.1. The second-order valence-electron chi connectivity index (χ2n) is 5.92. The van der Waals surface area contributed by atoms with Gasteiger partial charge in [0.15, 0.2) is 5.96 Å². The fraction of sp³-hybridized carbons (Fsp3) is 0.444. The van der Waals surface area contributed by atoms with Gasteiger partial charge in [-0.15, -0.1) is 11.3 Å². The van der Waals surface area contributed by atoms with E-state index in [0.717, 1.165) is 22.8 Å². The minimum atomic E-state index is -4.63. The van der Waals surface area contributed by atoms with Gasteiger partial charge in [-0.05, 0) is 38.5 Å². The lowest BCUT2D eigenvalue weighted by Gasteiger charge is -2.13. The summed E-state index contributed by atoms with van der Waals surface area (Å²) < 4.78 is 52.4. The van der Waals surface area contributed by atoms with Crippen molar-refractivity contribution in [3.8, 4) is 0 Å². The lowest BCUT2D eigenvalue weighted by molar-refractivity contribution is -0.138. The molecule has 1 heterocycles. The molecule has 0 aliphatic carbocycles. The second-order valence-corrected chi connectivity index (χ2v) is 7.21. The molecule has 2 rings (SSSR count). The Morgan fingerprint density at radius 1 is 1.22 bits per heavy atom. The number of benzene rings is 1. The summed E-state index contributed by atoms with van der Waals surface area (Å²) in [5.74, 6) is -0.519. The van der Waals surface area contributed by atoms with E-state index in [1.165, 1.54) is 4.88 Å². The van der Waals surface area contributed by atoms with Crippen LogP contribution in [0.4, 0.5) is 17.6 Å². The fourth-order valence-electron chi connectivity index (χ4n) is 2.39. The minimum absolute atomic E-state index is 0.0766. The summed E-state index contributed by atoms with van der Waals surface area (Å²) in [4.78, 5) is 9.82. The van der Waals surface area contributed by atoms with Crippen molar-refractivity contribution >= 4 is 17.3 Å². The number of aliphatic imine (C=N–C) groups is 1. The zero-order chi connectivity index (χ0) is 20.0. The topological polar surface area (TPSA) is 49.3 Å². The van der Waals surface area contributed by atoms with E-state index in [2.05, 4.69) is 20.6 Å². The van der Waals surface area contributed by atoms with Crippen LogP contribution in [0, 0.1) is 19.7 Å². The molecule has 27 heavy (non-hydrogen) atoms. The van der Waals surface area contributed by atoms with Crippen molar-refractivity contribution < 1.29 is 17.6 Å². The molecule has 2 N–H and O–H groups in total. The molecule has 0 unspecified atom stereocenters. The van der Waals surface area contributed by atoms with Gasteiger partial charge < -0.3 is 10.6 Å². The zero-order valence-electron chi connectivity index (χ0n) is 15.4. The maximum Gasteiger partial charge on any atom is 0.416 e. The van der Waals surface area contributed by atoms with Gasteiger partial charge in [-0.1, -0.05) is 6.07 Å². The van der Waals surface area contributed by atoms with E-state index in [1.54, 1.807) is 11.3 Å². The largest absolute Gasteiger partial charge is 0.416 e. The average molecular weight is 402 g/mol. The van der Waals surface area contributed by atoms with Crippen LogP contribution >= 0.6 is 11.3 Å². The van der Waals surface area contributed by atoms with Crippen LogP contribution in [0.3, 0.4) is 0 Å². The number of thiazole rings is 1. The molecule has 0 saturated carbocycles. The number of hydrogen-bond donors (Lipinski definition) is 2. The molecule has 0 bridgehead atoms. The van der Waals surface area contributed by atoms with Gasteiger partial charge in [0.05, 0.1) is 22.8 Å². The van der Waals surface area contributed by atoms with Gasteiger partial charge in [-0.2, -0.15) is 13.2 Å². The summed E-state index contributed by atoms with van der Waals surface area (Å²) in [6, 6.07) is 2.62. The standard InChI is InChI=1S/C18H22F4N4S/c1-4-23-17(24-8-7-16-26-11(2)12(3)27-16)25-10-13-5-6-14(19)9-15(13)18(20,21)22/h5-6,9H,4,7-8,10H2,1-3H3,(H2,23,24,25). The number of nitrogens with zero attached hydrogens (tertiary/aromatic N) is 2. The summed E-state index contributed by atoms with van der Waals surface area (Å²) in [6.45, 7) is 6.74. The van der Waals surface area contributed by atoms with E-state index in [9.17, 15) is 17.6 Å². The van der Waals surface area contributed by atoms with Crippen molar-refractivity contribution in [1.29, 1.82) is 0 Å². The van der Waals surface area contributed by atoms with Crippen molar-refractivity contribution in [2.75, 3.05) is 13.1 Å². The maximum atomic E-state index is 13.2. The summed E-state index contributed by atoms with van der Waals surface area (Å²) in [5, 5.41) is 7.07. The molecule has 1 aromatic carbocycles. The van der Waals surface area contributed by atoms with Crippen LogP contribution in [0.25, 0.3) is 0 Å². The Labute approximate surface area is 159 Å². The Balaban J connectivity index is 2.05. The fourth-order valence-corrected chi connectivity index (χ4v) is 3.32. The number of guanidine groups is 1.